The number of aliphatic hydroxyl groups is 1. The summed E-state index contributed by atoms with van der Waals surface area (Å²) < 4.78 is 0. The Balaban J connectivity index is 2.10. The van der Waals surface area contributed by atoms with Crippen molar-refractivity contribution < 1.29 is 9.90 Å². The van der Waals surface area contributed by atoms with E-state index in [9.17, 15) is 4.79 Å². The molecule has 0 saturated carbocycles. The van der Waals surface area contributed by atoms with E-state index in [1.807, 2.05) is 18.2 Å². The fraction of sp³-hybridized carbons (Fsp3) is 0.533. The molecule has 0 saturated heterocycles. The second-order valence-electron chi connectivity index (χ2n) is 4.73. The molecular formula is C15H25N3O2. The lowest BCUT2D eigenvalue weighted by molar-refractivity contribution is -0.121. The van der Waals surface area contributed by atoms with Gasteiger partial charge in [0.2, 0.25) is 5.91 Å². The van der Waals surface area contributed by atoms with E-state index in [0.717, 1.165) is 24.9 Å². The van der Waals surface area contributed by atoms with Gasteiger partial charge >= 0.3 is 0 Å². The third-order valence-electron chi connectivity index (χ3n) is 2.99. The van der Waals surface area contributed by atoms with Crippen LogP contribution in [0.1, 0.15) is 30.4 Å². The molecule has 1 aromatic carbocycles. The number of carbonyl (C=O) groups is 1. The van der Waals surface area contributed by atoms with Crippen molar-refractivity contribution in [2.45, 2.75) is 32.4 Å². The van der Waals surface area contributed by atoms with Gasteiger partial charge in [-0.05, 0) is 24.0 Å². The van der Waals surface area contributed by atoms with Crippen molar-refractivity contribution >= 4 is 5.91 Å². The van der Waals surface area contributed by atoms with Gasteiger partial charge < -0.3 is 21.5 Å². The summed E-state index contributed by atoms with van der Waals surface area (Å²) in [4.78, 5) is 11.5. The summed E-state index contributed by atoms with van der Waals surface area (Å²) in [6, 6.07) is 8.11. The van der Waals surface area contributed by atoms with Crippen molar-refractivity contribution in [1.29, 1.82) is 0 Å². The monoisotopic (exact) mass is 279 g/mol. The van der Waals surface area contributed by atoms with Crippen molar-refractivity contribution in [3.8, 4) is 0 Å². The van der Waals surface area contributed by atoms with Gasteiger partial charge in [0.15, 0.2) is 0 Å². The lowest BCUT2D eigenvalue weighted by Crippen LogP contribution is -2.28. The molecule has 0 aromatic heterocycles. The predicted molar refractivity (Wildman–Crippen MR) is 80.0 cm³/mol. The highest BCUT2D eigenvalue weighted by atomic mass is 16.2. The number of amides is 1. The Hall–Kier alpha value is -1.43. The first kappa shape index (κ1) is 16.6. The Kier molecular flexibility index (Phi) is 8.62. The van der Waals surface area contributed by atoms with Gasteiger partial charge in [0.1, 0.15) is 0 Å². The van der Waals surface area contributed by atoms with Gasteiger partial charge in [-0.3, -0.25) is 4.79 Å². The highest BCUT2D eigenvalue weighted by molar-refractivity contribution is 5.75. The Morgan fingerprint density at radius 1 is 1.20 bits per heavy atom. The number of hydrogen-bond acceptors (Lipinski definition) is 4. The molecular weight excluding hydrogens is 254 g/mol. The van der Waals surface area contributed by atoms with Gasteiger partial charge in [0.05, 0.1) is 0 Å². The van der Waals surface area contributed by atoms with Crippen LogP contribution in [0.3, 0.4) is 0 Å². The van der Waals surface area contributed by atoms with Gasteiger partial charge in [0.25, 0.3) is 0 Å². The molecule has 0 atom stereocenters. The predicted octanol–water partition coefficient (Wildman–Crippen LogP) is 0.514. The molecule has 0 heterocycles. The molecule has 1 amide bonds. The van der Waals surface area contributed by atoms with E-state index in [0.29, 0.717) is 26.1 Å². The minimum Gasteiger partial charge on any atom is -0.396 e. The quantitative estimate of drug-likeness (QED) is 0.470. The number of benzene rings is 1. The zero-order valence-electron chi connectivity index (χ0n) is 11.9. The van der Waals surface area contributed by atoms with Crippen molar-refractivity contribution in [3.63, 3.8) is 0 Å². The molecule has 0 spiro atoms. The Bertz CT molecular complexity index is 396. The zero-order chi connectivity index (χ0) is 14.6. The lowest BCUT2D eigenvalue weighted by Gasteiger charge is -2.07. The van der Waals surface area contributed by atoms with Gasteiger partial charge in [-0.1, -0.05) is 24.3 Å². The number of rotatable bonds is 10. The molecule has 0 aliphatic carbocycles. The van der Waals surface area contributed by atoms with Gasteiger partial charge in [-0.25, -0.2) is 0 Å². The van der Waals surface area contributed by atoms with Crippen molar-refractivity contribution in [3.05, 3.63) is 35.4 Å². The normalized spacial score (nSPS) is 10.5. The van der Waals surface area contributed by atoms with Crippen LogP contribution in [0.25, 0.3) is 0 Å². The average Bonchev–Trinajstić information content (AvgIpc) is 2.48. The minimum absolute atomic E-state index is 0.0474. The van der Waals surface area contributed by atoms with E-state index in [4.69, 9.17) is 10.8 Å². The summed E-state index contributed by atoms with van der Waals surface area (Å²) in [5, 5.41) is 14.7. The van der Waals surface area contributed by atoms with Crippen LogP contribution in [0.2, 0.25) is 0 Å². The van der Waals surface area contributed by atoms with E-state index < -0.39 is 0 Å². The minimum atomic E-state index is 0.0474. The number of carbonyl (C=O) groups excluding carboxylic acids is 1. The maximum atomic E-state index is 11.5. The van der Waals surface area contributed by atoms with E-state index >= 15 is 0 Å². The molecule has 112 valence electrons. The number of unbranched alkanes of at least 4 members (excludes halogenated alkanes) is 1. The molecule has 0 unspecified atom stereocenters. The molecule has 1 rings (SSSR count). The van der Waals surface area contributed by atoms with Gasteiger partial charge in [-0.2, -0.15) is 0 Å². The first-order chi connectivity index (χ1) is 9.76. The Morgan fingerprint density at radius 2 is 2.00 bits per heavy atom. The molecule has 5 nitrogen and oxygen atoms in total. The molecule has 0 radical (unpaired) electrons. The number of aliphatic hydroxyl groups excluding tert-OH is 1. The van der Waals surface area contributed by atoms with Crippen molar-refractivity contribution in [2.75, 3.05) is 19.7 Å². The molecule has 1 aromatic rings. The zero-order valence-corrected chi connectivity index (χ0v) is 11.9. The molecule has 5 N–H and O–H groups in total. The van der Waals surface area contributed by atoms with Crippen LogP contribution < -0.4 is 16.4 Å². The third kappa shape index (κ3) is 7.23. The smallest absolute Gasteiger partial charge is 0.221 e. The highest BCUT2D eigenvalue weighted by Gasteiger charge is 2.00. The molecule has 0 aliphatic rings. The number of nitrogens with one attached hydrogen (secondary N) is 2. The van der Waals surface area contributed by atoms with Crippen LogP contribution in [-0.4, -0.2) is 30.7 Å². The largest absolute Gasteiger partial charge is 0.396 e. The van der Waals surface area contributed by atoms with Crippen LogP contribution in [0.15, 0.2) is 24.3 Å². The second kappa shape index (κ2) is 10.4. The summed E-state index contributed by atoms with van der Waals surface area (Å²) in [5.74, 6) is 0.0474. The summed E-state index contributed by atoms with van der Waals surface area (Å²) in [7, 11) is 0. The van der Waals surface area contributed by atoms with E-state index in [2.05, 4.69) is 16.7 Å². The lowest BCUT2D eigenvalue weighted by atomic mass is 10.1. The van der Waals surface area contributed by atoms with Crippen LogP contribution in [0.4, 0.5) is 0 Å². The molecule has 0 aliphatic heterocycles. The fourth-order valence-corrected chi connectivity index (χ4v) is 1.85. The first-order valence-corrected chi connectivity index (χ1v) is 7.12. The molecule has 0 bridgehead atoms. The average molecular weight is 279 g/mol. The number of nitrogens with two attached hydrogens (primary N) is 1. The summed E-state index contributed by atoms with van der Waals surface area (Å²) in [5.41, 5.74) is 7.89. The Labute approximate surface area is 120 Å². The fourth-order valence-electron chi connectivity index (χ4n) is 1.85. The summed E-state index contributed by atoms with van der Waals surface area (Å²) in [6.07, 6.45) is 2.02. The Morgan fingerprint density at radius 3 is 2.75 bits per heavy atom. The van der Waals surface area contributed by atoms with Crippen molar-refractivity contribution in [2.24, 2.45) is 5.73 Å². The van der Waals surface area contributed by atoms with Gasteiger partial charge in [0, 0.05) is 39.2 Å². The first-order valence-electron chi connectivity index (χ1n) is 7.12. The van der Waals surface area contributed by atoms with Crippen LogP contribution >= 0.6 is 0 Å². The molecule has 0 fully saturated rings. The van der Waals surface area contributed by atoms with Crippen LogP contribution in [-0.2, 0) is 17.9 Å². The molecule has 5 heteroatoms. The van der Waals surface area contributed by atoms with Crippen LogP contribution in [0.5, 0.6) is 0 Å². The summed E-state index contributed by atoms with van der Waals surface area (Å²) >= 11 is 0. The third-order valence-corrected chi connectivity index (χ3v) is 2.99. The van der Waals surface area contributed by atoms with E-state index in [-0.39, 0.29) is 12.5 Å². The van der Waals surface area contributed by atoms with Gasteiger partial charge in [-0.15, -0.1) is 0 Å². The van der Waals surface area contributed by atoms with Crippen molar-refractivity contribution in [1.82, 2.24) is 10.6 Å². The maximum absolute atomic E-state index is 11.5. The van der Waals surface area contributed by atoms with E-state index in [1.165, 1.54) is 5.56 Å². The topological polar surface area (TPSA) is 87.4 Å². The standard InChI is InChI=1S/C15H25N3O2/c16-11-13-4-3-5-14(10-13)12-17-8-6-15(20)18-7-1-2-9-19/h3-5,10,17,19H,1-2,6-9,11-12,16H2,(H,18,20). The summed E-state index contributed by atoms with van der Waals surface area (Å²) in [6.45, 7) is 2.76. The SMILES string of the molecule is NCc1cccc(CNCCC(=O)NCCCCO)c1. The second-order valence-corrected chi connectivity index (χ2v) is 4.73. The highest BCUT2D eigenvalue weighted by Crippen LogP contribution is 2.04. The maximum Gasteiger partial charge on any atom is 0.221 e. The van der Waals surface area contributed by atoms with E-state index in [1.54, 1.807) is 0 Å². The van der Waals surface area contributed by atoms with Crippen LogP contribution in [0, 0.1) is 0 Å². The number of hydrogen-bond donors (Lipinski definition) is 4. The molecule has 20 heavy (non-hydrogen) atoms.